The normalized spacial score (nSPS) is 12.1. The number of benzene rings is 2. The van der Waals surface area contributed by atoms with Crippen LogP contribution in [-0.4, -0.2) is 29.6 Å². The number of rotatable bonds is 7. The molecule has 0 bridgehead atoms. The zero-order chi connectivity index (χ0) is 18.2. The molecule has 0 aliphatic rings. The van der Waals surface area contributed by atoms with Crippen molar-refractivity contribution in [2.24, 2.45) is 5.10 Å². The van der Waals surface area contributed by atoms with Crippen LogP contribution in [0, 0.1) is 0 Å². The summed E-state index contributed by atoms with van der Waals surface area (Å²) in [5.41, 5.74) is 4.39. The molecule has 0 unspecified atom stereocenters. The number of thioether (sulfide) groups is 1. The Hall–Kier alpha value is -1.99. The fraction of sp³-hybridized carbons (Fsp3) is 0.222. The molecule has 0 fully saturated rings. The first kappa shape index (κ1) is 19.3. The van der Waals surface area contributed by atoms with Crippen LogP contribution in [-0.2, 0) is 10.5 Å². The van der Waals surface area contributed by atoms with Gasteiger partial charge in [-0.2, -0.15) is 5.10 Å². The molecule has 5 nitrogen and oxygen atoms in total. The molecule has 0 aliphatic carbocycles. The number of amides is 1. The van der Waals surface area contributed by atoms with Gasteiger partial charge in [-0.3, -0.25) is 4.79 Å². The summed E-state index contributed by atoms with van der Waals surface area (Å²) in [5, 5.41) is 13.5. The molecule has 0 aromatic heterocycles. The third-order valence-electron chi connectivity index (χ3n) is 3.37. The van der Waals surface area contributed by atoms with Crippen LogP contribution in [0.2, 0.25) is 0 Å². The summed E-state index contributed by atoms with van der Waals surface area (Å²) < 4.78 is 5.57. The van der Waals surface area contributed by atoms with E-state index in [4.69, 9.17) is 4.74 Å². The summed E-state index contributed by atoms with van der Waals surface area (Å²) in [5.74, 6) is 0.951. The number of nitrogens with zero attached hydrogens (tertiary/aromatic N) is 1. The molecule has 0 radical (unpaired) electrons. The monoisotopic (exact) mass is 422 g/mol. The number of carbonyl (C=O) groups excluding carboxylic acids is 1. The van der Waals surface area contributed by atoms with Crippen molar-refractivity contribution in [1.29, 1.82) is 0 Å². The van der Waals surface area contributed by atoms with Crippen molar-refractivity contribution >= 4 is 39.8 Å². The molecule has 25 heavy (non-hydrogen) atoms. The van der Waals surface area contributed by atoms with Gasteiger partial charge in [-0.15, -0.1) is 11.8 Å². The molecule has 1 amide bonds. The van der Waals surface area contributed by atoms with E-state index in [9.17, 15) is 9.90 Å². The smallest absolute Gasteiger partial charge is 0.252 e. The number of hydrazone groups is 1. The van der Waals surface area contributed by atoms with E-state index in [2.05, 4.69) is 26.5 Å². The maximum atomic E-state index is 12.1. The quantitative estimate of drug-likeness (QED) is 0.523. The highest BCUT2D eigenvalue weighted by molar-refractivity contribution is 9.10. The third-order valence-corrected chi connectivity index (χ3v) is 5.19. The third kappa shape index (κ3) is 5.79. The second-order valence-electron chi connectivity index (χ2n) is 5.23. The number of hydrogen-bond donors (Lipinski definition) is 2. The maximum Gasteiger partial charge on any atom is 0.252 e. The lowest BCUT2D eigenvalue weighted by Crippen LogP contribution is -2.27. The molecule has 1 atom stereocenters. The van der Waals surface area contributed by atoms with E-state index in [1.165, 1.54) is 18.9 Å². The van der Waals surface area contributed by atoms with E-state index in [1.54, 1.807) is 23.9 Å². The lowest BCUT2D eigenvalue weighted by molar-refractivity contribution is -0.120. The van der Waals surface area contributed by atoms with Gasteiger partial charge in [0.2, 0.25) is 0 Å². The number of carbonyl (C=O) groups is 1. The molecular weight excluding hydrogens is 404 g/mol. The minimum absolute atomic E-state index is 0.0228. The first-order valence-electron chi connectivity index (χ1n) is 7.56. The zero-order valence-corrected chi connectivity index (χ0v) is 16.3. The minimum Gasteiger partial charge on any atom is -0.503 e. The highest BCUT2D eigenvalue weighted by Crippen LogP contribution is 2.34. The highest BCUT2D eigenvalue weighted by atomic mass is 79.9. The van der Waals surface area contributed by atoms with Crippen molar-refractivity contribution < 1.29 is 14.6 Å². The lowest BCUT2D eigenvalue weighted by Gasteiger charge is -2.09. The predicted octanol–water partition coefficient (Wildman–Crippen LogP) is 3.94. The van der Waals surface area contributed by atoms with Crippen LogP contribution in [0.3, 0.4) is 0 Å². The summed E-state index contributed by atoms with van der Waals surface area (Å²) in [7, 11) is 1.47. The number of hydrogen-bond acceptors (Lipinski definition) is 5. The Morgan fingerprint density at radius 1 is 1.40 bits per heavy atom. The van der Waals surface area contributed by atoms with E-state index in [1.807, 2.05) is 37.3 Å². The van der Waals surface area contributed by atoms with Crippen LogP contribution < -0.4 is 10.2 Å². The Morgan fingerprint density at radius 3 is 2.80 bits per heavy atom. The van der Waals surface area contributed by atoms with Crippen LogP contribution in [0.5, 0.6) is 11.5 Å². The SMILES string of the molecule is COc1cc(/C=N\NC(=O)[C@@H](C)SCc2ccccc2)cc(Br)c1O. The van der Waals surface area contributed by atoms with Gasteiger partial charge in [0.15, 0.2) is 11.5 Å². The van der Waals surface area contributed by atoms with Gasteiger partial charge in [0.05, 0.1) is 23.0 Å². The molecule has 0 spiro atoms. The van der Waals surface area contributed by atoms with Gasteiger partial charge in [-0.05, 0) is 46.1 Å². The fourth-order valence-electron chi connectivity index (χ4n) is 1.96. The molecule has 132 valence electrons. The standard InChI is InChI=1S/C18H19BrN2O3S/c1-12(25-11-13-6-4-3-5-7-13)18(23)21-20-10-14-8-15(19)17(22)16(9-14)24-2/h3-10,12,22H,11H2,1-2H3,(H,21,23)/b20-10-/t12-/m1/s1. The van der Waals surface area contributed by atoms with E-state index in [0.29, 0.717) is 15.8 Å². The second-order valence-corrected chi connectivity index (χ2v) is 7.41. The Kier molecular flexibility index (Phi) is 7.33. The summed E-state index contributed by atoms with van der Waals surface area (Å²) in [4.78, 5) is 12.1. The average molecular weight is 423 g/mol. The molecule has 0 saturated heterocycles. The van der Waals surface area contributed by atoms with E-state index in [0.717, 1.165) is 5.75 Å². The van der Waals surface area contributed by atoms with Crippen molar-refractivity contribution in [3.63, 3.8) is 0 Å². The van der Waals surface area contributed by atoms with Crippen molar-refractivity contribution in [2.45, 2.75) is 17.9 Å². The van der Waals surface area contributed by atoms with Crippen LogP contribution in [0.25, 0.3) is 0 Å². The molecule has 2 aromatic rings. The number of phenols is 1. The van der Waals surface area contributed by atoms with E-state index in [-0.39, 0.29) is 16.9 Å². The minimum atomic E-state index is -0.224. The predicted molar refractivity (Wildman–Crippen MR) is 105 cm³/mol. The number of methoxy groups -OCH3 is 1. The van der Waals surface area contributed by atoms with Gasteiger partial charge in [-0.25, -0.2) is 5.43 Å². The second kappa shape index (κ2) is 9.48. The molecule has 0 heterocycles. The first-order chi connectivity index (χ1) is 12.0. The molecule has 2 N–H and O–H groups in total. The Bertz CT molecular complexity index is 753. The fourth-order valence-corrected chi connectivity index (χ4v) is 3.26. The van der Waals surface area contributed by atoms with E-state index < -0.39 is 0 Å². The Morgan fingerprint density at radius 2 is 2.12 bits per heavy atom. The molecule has 2 aromatic carbocycles. The summed E-state index contributed by atoms with van der Waals surface area (Å²) in [6.45, 7) is 1.85. The van der Waals surface area contributed by atoms with Gasteiger partial charge in [0, 0.05) is 5.75 Å². The van der Waals surface area contributed by atoms with Gasteiger partial charge >= 0.3 is 0 Å². The molecule has 7 heteroatoms. The van der Waals surface area contributed by atoms with Crippen LogP contribution >= 0.6 is 27.7 Å². The van der Waals surface area contributed by atoms with Gasteiger partial charge < -0.3 is 9.84 Å². The Balaban J connectivity index is 1.88. The van der Waals surface area contributed by atoms with Gasteiger partial charge in [-0.1, -0.05) is 30.3 Å². The number of aromatic hydroxyl groups is 1. The number of ether oxygens (including phenoxy) is 1. The number of nitrogens with one attached hydrogen (secondary N) is 1. The lowest BCUT2D eigenvalue weighted by atomic mass is 10.2. The maximum absolute atomic E-state index is 12.1. The average Bonchev–Trinajstić information content (AvgIpc) is 2.63. The molecule has 0 aliphatic heterocycles. The first-order valence-corrected chi connectivity index (χ1v) is 9.40. The number of halogens is 1. The molecule has 0 saturated carbocycles. The van der Waals surface area contributed by atoms with Crippen LogP contribution in [0.4, 0.5) is 0 Å². The van der Waals surface area contributed by atoms with Crippen molar-refractivity contribution in [3.05, 3.63) is 58.1 Å². The topological polar surface area (TPSA) is 70.9 Å². The molecule has 2 rings (SSSR count). The van der Waals surface area contributed by atoms with Crippen LogP contribution in [0.15, 0.2) is 52.0 Å². The van der Waals surface area contributed by atoms with Gasteiger partial charge in [0.1, 0.15) is 0 Å². The van der Waals surface area contributed by atoms with Crippen LogP contribution in [0.1, 0.15) is 18.1 Å². The highest BCUT2D eigenvalue weighted by Gasteiger charge is 2.12. The van der Waals surface area contributed by atoms with Crippen molar-refractivity contribution in [1.82, 2.24) is 5.43 Å². The molecular formula is C18H19BrN2O3S. The van der Waals surface area contributed by atoms with Crippen molar-refractivity contribution in [3.8, 4) is 11.5 Å². The summed E-state index contributed by atoms with van der Waals surface area (Å²) >= 11 is 4.79. The summed E-state index contributed by atoms with van der Waals surface area (Å²) in [6.07, 6.45) is 1.50. The Labute approximate surface area is 159 Å². The van der Waals surface area contributed by atoms with E-state index >= 15 is 0 Å². The van der Waals surface area contributed by atoms with Crippen molar-refractivity contribution in [2.75, 3.05) is 7.11 Å². The van der Waals surface area contributed by atoms with Gasteiger partial charge in [0.25, 0.3) is 5.91 Å². The summed E-state index contributed by atoms with van der Waals surface area (Å²) in [6, 6.07) is 13.3. The number of phenolic OH excluding ortho intramolecular Hbond substituents is 1. The zero-order valence-electron chi connectivity index (χ0n) is 13.9. The largest absolute Gasteiger partial charge is 0.503 e.